The molecule has 1 aliphatic heterocycles. The molecular weight excluding hydrogens is 332 g/mol. The third-order valence-electron chi connectivity index (χ3n) is 6.29. The van der Waals surface area contributed by atoms with Crippen LogP contribution in [0.2, 0.25) is 5.02 Å². The number of allylic oxidation sites excluding steroid dienone is 2. The number of benzene rings is 1. The molecule has 2 heterocycles. The maximum Gasteiger partial charge on any atom is 0.131 e. The summed E-state index contributed by atoms with van der Waals surface area (Å²) in [5.74, 6) is 0.936. The van der Waals surface area contributed by atoms with Gasteiger partial charge in [-0.05, 0) is 36.8 Å². The predicted molar refractivity (Wildman–Crippen MR) is 101 cm³/mol. The van der Waals surface area contributed by atoms with Crippen LogP contribution in [0.25, 0.3) is 11.1 Å². The Morgan fingerprint density at radius 3 is 2.48 bits per heavy atom. The molecule has 2 aliphatic carbocycles. The van der Waals surface area contributed by atoms with Crippen LogP contribution in [-0.4, -0.2) is 23.2 Å². The molecule has 1 aromatic heterocycles. The van der Waals surface area contributed by atoms with Gasteiger partial charge in [0, 0.05) is 34.7 Å². The minimum absolute atomic E-state index is 0.00199. The van der Waals surface area contributed by atoms with Crippen LogP contribution in [0.15, 0.2) is 42.6 Å². The van der Waals surface area contributed by atoms with E-state index in [1.165, 1.54) is 11.1 Å². The minimum Gasteiger partial charge on any atom is -0.395 e. The van der Waals surface area contributed by atoms with E-state index in [4.69, 9.17) is 11.6 Å². The summed E-state index contributed by atoms with van der Waals surface area (Å²) >= 11 is 6.88. The smallest absolute Gasteiger partial charge is 0.131 e. The summed E-state index contributed by atoms with van der Waals surface area (Å²) in [6.45, 7) is 1.14. The monoisotopic (exact) mass is 352 g/mol. The number of aromatic nitrogens is 1. The molecule has 2 aromatic rings. The number of nitrogens with zero attached hydrogens (tertiary/aromatic N) is 1. The summed E-state index contributed by atoms with van der Waals surface area (Å²) in [4.78, 5) is 4.65. The number of nitrogens with one attached hydrogen (secondary N) is 1. The molecule has 1 spiro atoms. The Morgan fingerprint density at radius 1 is 1.12 bits per heavy atom. The lowest BCUT2D eigenvalue weighted by Gasteiger charge is -2.24. The standard InChI is InChI=1S/C21H21ClN2O/c22-18-16(14-3-5-15(6-4-14)21(13-25)9-10-21)11-23-19-17(18)20(12-24-19)7-1-2-8-20/h1-6,11,25H,7-10,12-13H2,(H,23,24). The number of rotatable bonds is 3. The van der Waals surface area contributed by atoms with Gasteiger partial charge in [0.1, 0.15) is 5.82 Å². The highest BCUT2D eigenvalue weighted by molar-refractivity contribution is 6.34. The molecule has 1 saturated carbocycles. The van der Waals surface area contributed by atoms with E-state index in [0.717, 1.165) is 54.2 Å². The van der Waals surface area contributed by atoms with Crippen molar-refractivity contribution in [2.75, 3.05) is 18.5 Å². The van der Waals surface area contributed by atoms with Crippen LogP contribution < -0.4 is 5.32 Å². The van der Waals surface area contributed by atoms with Gasteiger partial charge in [-0.15, -0.1) is 0 Å². The third kappa shape index (κ3) is 2.19. The Balaban J connectivity index is 1.55. The lowest BCUT2D eigenvalue weighted by atomic mass is 9.80. The molecule has 0 atom stereocenters. The highest BCUT2D eigenvalue weighted by Gasteiger charge is 2.44. The van der Waals surface area contributed by atoms with Crippen molar-refractivity contribution in [3.8, 4) is 11.1 Å². The Bertz CT molecular complexity index is 860. The van der Waals surface area contributed by atoms with Crippen molar-refractivity contribution in [2.45, 2.75) is 36.5 Å². The average molecular weight is 353 g/mol. The maximum atomic E-state index is 9.62. The molecule has 2 N–H and O–H groups in total. The Hall–Kier alpha value is -1.84. The summed E-state index contributed by atoms with van der Waals surface area (Å²) in [6, 6.07) is 8.49. The number of anilines is 1. The highest BCUT2D eigenvalue weighted by Crippen LogP contribution is 2.51. The van der Waals surface area contributed by atoms with Gasteiger partial charge in [-0.25, -0.2) is 4.98 Å². The second kappa shape index (κ2) is 5.33. The molecule has 0 bridgehead atoms. The van der Waals surface area contributed by atoms with Crippen molar-refractivity contribution in [1.29, 1.82) is 0 Å². The maximum absolute atomic E-state index is 9.62. The lowest BCUT2D eigenvalue weighted by molar-refractivity contribution is 0.255. The first kappa shape index (κ1) is 15.4. The van der Waals surface area contributed by atoms with Crippen molar-refractivity contribution in [2.24, 2.45) is 0 Å². The number of pyridine rings is 1. The fourth-order valence-electron chi connectivity index (χ4n) is 4.39. The number of fused-ring (bicyclic) bond motifs is 2. The molecule has 0 saturated heterocycles. The molecule has 1 fully saturated rings. The van der Waals surface area contributed by atoms with Crippen LogP contribution in [0.1, 0.15) is 36.8 Å². The van der Waals surface area contributed by atoms with Gasteiger partial charge in [-0.2, -0.15) is 0 Å². The molecule has 128 valence electrons. The van der Waals surface area contributed by atoms with Crippen molar-refractivity contribution in [1.82, 2.24) is 4.98 Å². The fourth-order valence-corrected chi connectivity index (χ4v) is 4.84. The van der Waals surface area contributed by atoms with Crippen LogP contribution >= 0.6 is 11.6 Å². The zero-order valence-corrected chi connectivity index (χ0v) is 14.8. The Morgan fingerprint density at radius 2 is 1.84 bits per heavy atom. The van der Waals surface area contributed by atoms with Gasteiger partial charge < -0.3 is 10.4 Å². The van der Waals surface area contributed by atoms with Gasteiger partial charge in [0.2, 0.25) is 0 Å². The van der Waals surface area contributed by atoms with E-state index in [-0.39, 0.29) is 17.4 Å². The first-order valence-corrected chi connectivity index (χ1v) is 9.35. The number of halogens is 1. The van der Waals surface area contributed by atoms with Crippen molar-refractivity contribution >= 4 is 17.4 Å². The molecule has 3 nitrogen and oxygen atoms in total. The normalized spacial score (nSPS) is 21.4. The fraction of sp³-hybridized carbons (Fsp3) is 0.381. The third-order valence-corrected chi connectivity index (χ3v) is 6.68. The van der Waals surface area contributed by atoms with Gasteiger partial charge in [-0.1, -0.05) is 48.0 Å². The number of aliphatic hydroxyl groups excluding tert-OH is 1. The molecule has 0 radical (unpaired) electrons. The van der Waals surface area contributed by atoms with Crippen molar-refractivity contribution < 1.29 is 5.11 Å². The molecule has 4 heteroatoms. The van der Waals surface area contributed by atoms with Gasteiger partial charge in [0.25, 0.3) is 0 Å². The van der Waals surface area contributed by atoms with E-state index in [2.05, 4.69) is 46.7 Å². The summed E-state index contributed by atoms with van der Waals surface area (Å²) in [7, 11) is 0. The SMILES string of the molecule is OCC1(c2ccc(-c3cnc4c(c3Cl)C3(CC=CC3)CN4)cc2)CC1. The number of aliphatic hydroxyl groups is 1. The lowest BCUT2D eigenvalue weighted by Crippen LogP contribution is -2.25. The van der Waals surface area contributed by atoms with Crippen LogP contribution in [0, 0.1) is 0 Å². The highest BCUT2D eigenvalue weighted by atomic mass is 35.5. The first-order valence-electron chi connectivity index (χ1n) is 8.97. The number of hydrogen-bond acceptors (Lipinski definition) is 3. The van der Waals surface area contributed by atoms with E-state index in [9.17, 15) is 5.11 Å². The van der Waals surface area contributed by atoms with Crippen LogP contribution in [0.5, 0.6) is 0 Å². The van der Waals surface area contributed by atoms with Crippen molar-refractivity contribution in [3.05, 3.63) is 58.8 Å². The van der Waals surface area contributed by atoms with E-state index in [1.807, 2.05) is 6.20 Å². The van der Waals surface area contributed by atoms with E-state index in [1.54, 1.807) is 0 Å². The largest absolute Gasteiger partial charge is 0.395 e. The molecule has 5 rings (SSSR count). The average Bonchev–Trinajstić information content (AvgIpc) is 3.17. The van der Waals surface area contributed by atoms with Gasteiger partial charge in [-0.3, -0.25) is 0 Å². The van der Waals surface area contributed by atoms with Crippen LogP contribution in [0.3, 0.4) is 0 Å². The second-order valence-corrected chi connectivity index (χ2v) is 8.12. The zero-order chi connectivity index (χ0) is 17.1. The van der Waals surface area contributed by atoms with Crippen LogP contribution in [0.4, 0.5) is 5.82 Å². The number of hydrogen-bond donors (Lipinski definition) is 2. The molecule has 1 aromatic carbocycles. The van der Waals surface area contributed by atoms with Gasteiger partial charge in [0.15, 0.2) is 0 Å². The summed E-state index contributed by atoms with van der Waals surface area (Å²) in [5, 5.41) is 13.9. The van der Waals surface area contributed by atoms with Crippen LogP contribution in [-0.2, 0) is 10.8 Å². The van der Waals surface area contributed by atoms with E-state index >= 15 is 0 Å². The summed E-state index contributed by atoms with van der Waals surface area (Å²) in [5.41, 5.74) is 4.56. The first-order chi connectivity index (χ1) is 12.2. The molecule has 3 aliphatic rings. The van der Waals surface area contributed by atoms with E-state index < -0.39 is 0 Å². The molecule has 0 amide bonds. The van der Waals surface area contributed by atoms with E-state index in [0.29, 0.717) is 0 Å². The molecule has 0 unspecified atom stereocenters. The van der Waals surface area contributed by atoms with Crippen molar-refractivity contribution in [3.63, 3.8) is 0 Å². The van der Waals surface area contributed by atoms with Gasteiger partial charge >= 0.3 is 0 Å². The van der Waals surface area contributed by atoms with Gasteiger partial charge in [0.05, 0.1) is 11.6 Å². The topological polar surface area (TPSA) is 45.2 Å². The molecule has 25 heavy (non-hydrogen) atoms. The summed E-state index contributed by atoms with van der Waals surface area (Å²) in [6.07, 6.45) is 10.6. The second-order valence-electron chi connectivity index (χ2n) is 7.74. The quantitative estimate of drug-likeness (QED) is 0.803. The Kier molecular flexibility index (Phi) is 3.28. The minimum atomic E-state index is 0.00199. The Labute approximate surface area is 152 Å². The zero-order valence-electron chi connectivity index (χ0n) is 14.1. The molecular formula is C21H21ClN2O. The summed E-state index contributed by atoms with van der Waals surface area (Å²) < 4.78 is 0. The predicted octanol–water partition coefficient (Wildman–Crippen LogP) is 4.44.